The summed E-state index contributed by atoms with van der Waals surface area (Å²) in [5.41, 5.74) is 11.8. The second-order valence-electron chi connectivity index (χ2n) is 2.64. The molecule has 0 aromatic heterocycles. The number of hydrazine groups is 1. The monoisotopic (exact) mass is 196 g/mol. The van der Waals surface area contributed by atoms with Crippen LogP contribution >= 0.6 is 0 Å². The van der Waals surface area contributed by atoms with Gasteiger partial charge in [0.2, 0.25) is 0 Å². The minimum absolute atomic E-state index is 0.0781. The van der Waals surface area contributed by atoms with E-state index in [0.29, 0.717) is 13.1 Å². The summed E-state index contributed by atoms with van der Waals surface area (Å²) in [7, 11) is 0. The van der Waals surface area contributed by atoms with Crippen LogP contribution in [-0.2, 0) is 0 Å². The highest BCUT2D eigenvalue weighted by atomic mass is 16.6. The highest BCUT2D eigenvalue weighted by molar-refractivity contribution is 5.47. The Kier molecular flexibility index (Phi) is 3.84. The summed E-state index contributed by atoms with van der Waals surface area (Å²) in [6, 6.07) is 6.13. The molecule has 0 heterocycles. The number of nitro groups is 1. The highest BCUT2D eigenvalue weighted by Gasteiger charge is 2.02. The van der Waals surface area contributed by atoms with Crippen molar-refractivity contribution in [2.45, 2.75) is 0 Å². The molecule has 1 rings (SSSR count). The Morgan fingerprint density at radius 2 is 2.00 bits per heavy atom. The maximum Gasteiger partial charge on any atom is 0.269 e. The number of nitrogens with one attached hydrogen (secondary N) is 2. The van der Waals surface area contributed by atoms with E-state index in [2.05, 4.69) is 10.9 Å². The van der Waals surface area contributed by atoms with E-state index in [9.17, 15) is 10.1 Å². The summed E-state index contributed by atoms with van der Waals surface area (Å²) in [5, 5.41) is 10.3. The summed E-state index contributed by atoms with van der Waals surface area (Å²) < 4.78 is 0. The number of nitrogens with zero attached hydrogens (tertiary/aromatic N) is 1. The predicted molar refractivity (Wildman–Crippen MR) is 53.8 cm³/mol. The van der Waals surface area contributed by atoms with Crippen molar-refractivity contribution < 1.29 is 4.92 Å². The molecule has 0 saturated carbocycles. The van der Waals surface area contributed by atoms with Crippen LogP contribution in [0.2, 0.25) is 0 Å². The quantitative estimate of drug-likeness (QED) is 0.361. The Morgan fingerprint density at radius 3 is 2.50 bits per heavy atom. The summed E-state index contributed by atoms with van der Waals surface area (Å²) in [4.78, 5) is 9.89. The van der Waals surface area contributed by atoms with Crippen LogP contribution in [0.3, 0.4) is 0 Å². The lowest BCUT2D eigenvalue weighted by molar-refractivity contribution is -0.384. The van der Waals surface area contributed by atoms with Crippen molar-refractivity contribution >= 4 is 11.4 Å². The number of non-ortho nitro benzene ring substituents is 1. The van der Waals surface area contributed by atoms with Gasteiger partial charge < -0.3 is 11.2 Å². The van der Waals surface area contributed by atoms with Gasteiger partial charge in [0.25, 0.3) is 5.69 Å². The molecule has 0 aliphatic heterocycles. The number of benzene rings is 1. The largest absolute Gasteiger partial charge is 0.329 e. The second-order valence-corrected chi connectivity index (χ2v) is 2.64. The van der Waals surface area contributed by atoms with Crippen molar-refractivity contribution in [3.63, 3.8) is 0 Å². The molecular formula is C8H12N4O2. The van der Waals surface area contributed by atoms with E-state index in [1.165, 1.54) is 12.1 Å². The van der Waals surface area contributed by atoms with Gasteiger partial charge in [-0.2, -0.15) is 0 Å². The van der Waals surface area contributed by atoms with Crippen molar-refractivity contribution in [2.75, 3.05) is 18.5 Å². The highest BCUT2D eigenvalue weighted by Crippen LogP contribution is 2.14. The molecule has 4 N–H and O–H groups in total. The van der Waals surface area contributed by atoms with E-state index in [0.717, 1.165) is 5.69 Å². The fourth-order valence-electron chi connectivity index (χ4n) is 0.903. The molecule has 0 radical (unpaired) electrons. The van der Waals surface area contributed by atoms with Gasteiger partial charge in [0.15, 0.2) is 0 Å². The van der Waals surface area contributed by atoms with Crippen molar-refractivity contribution in [3.05, 3.63) is 34.4 Å². The van der Waals surface area contributed by atoms with Gasteiger partial charge in [0, 0.05) is 30.9 Å². The summed E-state index contributed by atoms with van der Waals surface area (Å²) >= 11 is 0. The minimum atomic E-state index is -0.433. The van der Waals surface area contributed by atoms with E-state index < -0.39 is 4.92 Å². The fourth-order valence-corrected chi connectivity index (χ4v) is 0.903. The smallest absolute Gasteiger partial charge is 0.269 e. The molecule has 0 bridgehead atoms. The molecule has 76 valence electrons. The molecule has 0 saturated heterocycles. The zero-order valence-electron chi connectivity index (χ0n) is 7.56. The Hall–Kier alpha value is -1.66. The second kappa shape index (κ2) is 5.15. The van der Waals surface area contributed by atoms with Gasteiger partial charge >= 0.3 is 0 Å². The number of hydrogen-bond donors (Lipinski definition) is 3. The number of nitro benzene ring substituents is 1. The van der Waals surface area contributed by atoms with Gasteiger partial charge in [0.1, 0.15) is 0 Å². The van der Waals surface area contributed by atoms with E-state index >= 15 is 0 Å². The molecule has 6 nitrogen and oxygen atoms in total. The van der Waals surface area contributed by atoms with E-state index in [1.54, 1.807) is 12.1 Å². The standard InChI is InChI=1S/C8H12N4O2/c9-5-6-10-11-7-1-3-8(4-2-7)12(13)14/h1-4,10-11H,5-6,9H2. The molecule has 0 aliphatic carbocycles. The number of rotatable bonds is 5. The Labute approximate surface area is 81.2 Å². The fraction of sp³-hybridized carbons (Fsp3) is 0.250. The van der Waals surface area contributed by atoms with E-state index in [-0.39, 0.29) is 5.69 Å². The zero-order valence-corrected chi connectivity index (χ0v) is 7.56. The van der Waals surface area contributed by atoms with Gasteiger partial charge in [0.05, 0.1) is 4.92 Å². The lowest BCUT2D eigenvalue weighted by Gasteiger charge is -2.05. The van der Waals surface area contributed by atoms with Gasteiger partial charge in [-0.3, -0.25) is 10.1 Å². The van der Waals surface area contributed by atoms with Gasteiger partial charge in [-0.15, -0.1) is 0 Å². The number of nitrogens with two attached hydrogens (primary N) is 1. The topological polar surface area (TPSA) is 93.2 Å². The van der Waals surface area contributed by atoms with Crippen LogP contribution in [0, 0.1) is 10.1 Å². The van der Waals surface area contributed by atoms with E-state index in [4.69, 9.17) is 5.73 Å². The third-order valence-electron chi connectivity index (χ3n) is 1.58. The van der Waals surface area contributed by atoms with Crippen LogP contribution in [0.25, 0.3) is 0 Å². The lowest BCUT2D eigenvalue weighted by Crippen LogP contribution is -2.27. The molecule has 6 heteroatoms. The van der Waals surface area contributed by atoms with Crippen LogP contribution in [0.5, 0.6) is 0 Å². The maximum atomic E-state index is 10.3. The van der Waals surface area contributed by atoms with Crippen molar-refractivity contribution in [1.29, 1.82) is 0 Å². The summed E-state index contributed by atoms with van der Waals surface area (Å²) in [6.07, 6.45) is 0. The first-order valence-electron chi connectivity index (χ1n) is 4.17. The molecule has 14 heavy (non-hydrogen) atoms. The van der Waals surface area contributed by atoms with Gasteiger partial charge in [-0.05, 0) is 12.1 Å². The first kappa shape index (κ1) is 10.4. The molecule has 0 atom stereocenters. The Bertz CT molecular complexity index is 299. The summed E-state index contributed by atoms with van der Waals surface area (Å²) in [5.74, 6) is 0. The SMILES string of the molecule is NCCNNc1ccc([N+](=O)[O-])cc1. The van der Waals surface area contributed by atoms with Gasteiger partial charge in [-0.25, -0.2) is 5.43 Å². The van der Waals surface area contributed by atoms with Crippen LogP contribution < -0.4 is 16.6 Å². The van der Waals surface area contributed by atoms with Crippen molar-refractivity contribution in [3.8, 4) is 0 Å². The average molecular weight is 196 g/mol. The third kappa shape index (κ3) is 3.00. The molecule has 0 amide bonds. The van der Waals surface area contributed by atoms with Crippen molar-refractivity contribution in [2.24, 2.45) is 5.73 Å². The lowest BCUT2D eigenvalue weighted by atomic mass is 10.3. The summed E-state index contributed by atoms with van der Waals surface area (Å²) in [6.45, 7) is 1.16. The molecule has 0 unspecified atom stereocenters. The maximum absolute atomic E-state index is 10.3. The normalized spacial score (nSPS) is 9.79. The molecule has 1 aromatic rings. The molecule has 0 fully saturated rings. The number of anilines is 1. The average Bonchev–Trinajstić information content (AvgIpc) is 2.19. The molecule has 0 aliphatic rings. The Morgan fingerprint density at radius 1 is 1.36 bits per heavy atom. The van der Waals surface area contributed by atoms with Crippen molar-refractivity contribution in [1.82, 2.24) is 5.43 Å². The van der Waals surface area contributed by atoms with E-state index in [1.807, 2.05) is 0 Å². The van der Waals surface area contributed by atoms with Crippen LogP contribution in [0.1, 0.15) is 0 Å². The number of hydrogen-bond acceptors (Lipinski definition) is 5. The third-order valence-corrected chi connectivity index (χ3v) is 1.58. The van der Waals surface area contributed by atoms with Crippen LogP contribution in [0.15, 0.2) is 24.3 Å². The van der Waals surface area contributed by atoms with Crippen LogP contribution in [-0.4, -0.2) is 18.0 Å². The molecule has 0 spiro atoms. The zero-order chi connectivity index (χ0) is 10.4. The van der Waals surface area contributed by atoms with Crippen LogP contribution in [0.4, 0.5) is 11.4 Å². The minimum Gasteiger partial charge on any atom is -0.329 e. The Balaban J connectivity index is 2.51. The van der Waals surface area contributed by atoms with Gasteiger partial charge in [-0.1, -0.05) is 0 Å². The molecular weight excluding hydrogens is 184 g/mol. The first-order chi connectivity index (χ1) is 6.74. The molecule has 1 aromatic carbocycles. The first-order valence-corrected chi connectivity index (χ1v) is 4.17. The predicted octanol–water partition coefficient (Wildman–Crippen LogP) is 0.470.